The molecule has 4 rings (SSSR count). The molecule has 0 saturated carbocycles. The van der Waals surface area contributed by atoms with Crippen LogP contribution in [0.4, 0.5) is 10.6 Å². The first-order valence-corrected chi connectivity index (χ1v) is 18.2. The molecule has 0 saturated heterocycles. The molecule has 0 aliphatic carbocycles. The van der Waals surface area contributed by atoms with Crippen molar-refractivity contribution in [1.82, 2.24) is 20.6 Å². The summed E-state index contributed by atoms with van der Waals surface area (Å²) in [6.07, 6.45) is -0.308. The summed E-state index contributed by atoms with van der Waals surface area (Å²) < 4.78 is 27.6. The molecule has 1 amide bonds. The first kappa shape index (κ1) is 41.9. The molecule has 288 valence electrons. The maximum atomic E-state index is 12.6. The van der Waals surface area contributed by atoms with Crippen LogP contribution < -0.4 is 21.1 Å². The molecule has 0 bridgehead atoms. The van der Waals surface area contributed by atoms with E-state index in [9.17, 15) is 24.9 Å². The number of hydrogen-bond acceptors (Lipinski definition) is 15. The largest absolute Gasteiger partial charge is 0.490 e. The number of nitrogens with two attached hydrogens (primary N) is 1. The SMILES string of the molecule is CNC(C)C(=O)OC(COC(=O)C(C)NC(=O)OC(C)(C)C)COc1ccc(-c2c(C#N)c(N)nc(SCc3coc(-c4ccc(Cl)cc4)n3)c2C#N)cc1. The molecule has 4 aromatic rings. The predicted octanol–water partition coefficient (Wildman–Crippen LogP) is 6.03. The lowest BCUT2D eigenvalue weighted by Gasteiger charge is -2.23. The Morgan fingerprint density at radius 1 is 0.945 bits per heavy atom. The van der Waals surface area contributed by atoms with E-state index in [-0.39, 0.29) is 30.2 Å². The number of rotatable bonds is 15. The summed E-state index contributed by atoms with van der Waals surface area (Å²) in [6.45, 7) is 7.52. The van der Waals surface area contributed by atoms with Gasteiger partial charge in [-0.1, -0.05) is 35.5 Å². The molecule has 3 unspecified atom stereocenters. The van der Waals surface area contributed by atoms with E-state index in [1.807, 2.05) is 0 Å². The summed E-state index contributed by atoms with van der Waals surface area (Å²) >= 11 is 7.20. The van der Waals surface area contributed by atoms with Gasteiger partial charge in [-0.05, 0) is 83.6 Å². The predicted molar refractivity (Wildman–Crippen MR) is 204 cm³/mol. The third-order valence-electron chi connectivity index (χ3n) is 7.56. The van der Waals surface area contributed by atoms with Gasteiger partial charge in [0, 0.05) is 21.9 Å². The van der Waals surface area contributed by atoms with Gasteiger partial charge < -0.3 is 39.7 Å². The molecule has 0 spiro atoms. The smallest absolute Gasteiger partial charge is 0.408 e. The lowest BCUT2D eigenvalue weighted by atomic mass is 9.97. The summed E-state index contributed by atoms with van der Waals surface area (Å²) in [6, 6.07) is 16.0. The van der Waals surface area contributed by atoms with Gasteiger partial charge in [0.1, 0.15) is 71.5 Å². The number of alkyl carbamates (subject to hydrolysis) is 1. The van der Waals surface area contributed by atoms with Crippen molar-refractivity contribution >= 4 is 47.2 Å². The Balaban J connectivity index is 1.47. The number of nitriles is 2. The van der Waals surface area contributed by atoms with Crippen LogP contribution in [0.1, 0.15) is 51.4 Å². The average molecular weight is 790 g/mol. The number of oxazole rings is 1. The Hall–Kier alpha value is -5.81. The number of hydrogen-bond donors (Lipinski definition) is 3. The molecule has 17 heteroatoms. The zero-order chi connectivity index (χ0) is 40.3. The van der Waals surface area contributed by atoms with E-state index in [2.05, 4.69) is 32.7 Å². The standard InChI is InChI=1S/C38H40ClN7O8S/c1-21(43-6)36(48)53-28(19-52-35(47)22(2)44-37(49)54-38(3,4)5)18-50-27-13-9-23(10-14-27)31-29(15-40)32(42)46-34(30(31)16-41)55-20-26-17-51-33(45-26)24-7-11-25(39)12-8-24/h7-14,17,21-22,28,43H,18-20H2,1-6H3,(H2,42,46)(H,44,49). The number of nitrogen functional groups attached to an aromatic ring is 1. The number of aromatic nitrogens is 2. The number of likely N-dealkylation sites (N-methyl/N-ethyl adjacent to an activating group) is 1. The zero-order valence-electron chi connectivity index (χ0n) is 31.0. The van der Waals surface area contributed by atoms with Gasteiger partial charge >= 0.3 is 18.0 Å². The van der Waals surface area contributed by atoms with Crippen molar-refractivity contribution < 1.29 is 37.7 Å². The average Bonchev–Trinajstić information content (AvgIpc) is 3.62. The third-order valence-corrected chi connectivity index (χ3v) is 8.82. The van der Waals surface area contributed by atoms with Crippen LogP contribution in [0.15, 0.2) is 64.2 Å². The molecular formula is C38H40ClN7O8S. The second kappa shape index (κ2) is 19.0. The Bertz CT molecular complexity index is 2070. The van der Waals surface area contributed by atoms with Crippen molar-refractivity contribution in [3.63, 3.8) is 0 Å². The van der Waals surface area contributed by atoms with Gasteiger partial charge in [-0.15, -0.1) is 0 Å². The second-order valence-corrected chi connectivity index (χ2v) is 14.4. The van der Waals surface area contributed by atoms with E-state index in [1.165, 1.54) is 24.9 Å². The highest BCUT2D eigenvalue weighted by Gasteiger charge is 2.26. The third kappa shape index (κ3) is 11.8. The number of halogens is 1. The Morgan fingerprint density at radius 2 is 1.60 bits per heavy atom. The number of anilines is 1. The molecule has 2 heterocycles. The van der Waals surface area contributed by atoms with Gasteiger partial charge in [0.25, 0.3) is 0 Å². The van der Waals surface area contributed by atoms with Crippen molar-refractivity contribution in [3.05, 3.63) is 76.6 Å². The second-order valence-electron chi connectivity index (χ2n) is 13.0. The number of nitrogens with one attached hydrogen (secondary N) is 2. The van der Waals surface area contributed by atoms with E-state index >= 15 is 0 Å². The fraction of sp³-hybridized carbons (Fsp3) is 0.342. The van der Waals surface area contributed by atoms with Crippen LogP contribution in [-0.2, 0) is 29.6 Å². The molecule has 4 N–H and O–H groups in total. The number of esters is 2. The molecule has 55 heavy (non-hydrogen) atoms. The molecule has 3 atom stereocenters. The summed E-state index contributed by atoms with van der Waals surface area (Å²) in [7, 11) is 1.59. The maximum Gasteiger partial charge on any atom is 0.408 e. The molecule has 2 aromatic heterocycles. The van der Waals surface area contributed by atoms with Gasteiger partial charge in [-0.25, -0.2) is 19.6 Å². The Kier molecular flexibility index (Phi) is 14.5. The van der Waals surface area contributed by atoms with Crippen molar-refractivity contribution in [3.8, 4) is 40.5 Å². The maximum absolute atomic E-state index is 12.6. The van der Waals surface area contributed by atoms with E-state index < -0.39 is 41.8 Å². The Morgan fingerprint density at radius 3 is 2.22 bits per heavy atom. The fourth-order valence-corrected chi connectivity index (χ4v) is 5.68. The summed E-state index contributed by atoms with van der Waals surface area (Å²) in [5.74, 6) is -0.393. The monoisotopic (exact) mass is 789 g/mol. The highest BCUT2D eigenvalue weighted by Crippen LogP contribution is 2.37. The molecule has 0 aliphatic heterocycles. The van der Waals surface area contributed by atoms with E-state index in [0.717, 1.165) is 5.56 Å². The lowest BCUT2D eigenvalue weighted by Crippen LogP contribution is -2.44. The van der Waals surface area contributed by atoms with Gasteiger partial charge in [-0.3, -0.25) is 4.79 Å². The van der Waals surface area contributed by atoms with Crippen molar-refractivity contribution in [1.29, 1.82) is 10.5 Å². The van der Waals surface area contributed by atoms with Crippen LogP contribution in [0, 0.1) is 22.7 Å². The summed E-state index contributed by atoms with van der Waals surface area (Å²) in [5.41, 5.74) is 7.76. The number of carbonyl (C=O) groups excluding carboxylic acids is 3. The van der Waals surface area contributed by atoms with Crippen molar-refractivity contribution in [2.75, 3.05) is 26.0 Å². The lowest BCUT2D eigenvalue weighted by molar-refractivity contribution is -0.162. The van der Waals surface area contributed by atoms with Crippen LogP contribution in [0.2, 0.25) is 5.02 Å². The summed E-state index contributed by atoms with van der Waals surface area (Å²) in [4.78, 5) is 46.2. The fourth-order valence-electron chi connectivity index (χ4n) is 4.68. The minimum absolute atomic E-state index is 0.0314. The van der Waals surface area contributed by atoms with Gasteiger partial charge in [-0.2, -0.15) is 10.5 Å². The van der Waals surface area contributed by atoms with Gasteiger partial charge in [0.2, 0.25) is 5.89 Å². The summed E-state index contributed by atoms with van der Waals surface area (Å²) in [5, 5.41) is 26.3. The molecule has 0 radical (unpaired) electrons. The molecule has 15 nitrogen and oxygen atoms in total. The highest BCUT2D eigenvalue weighted by atomic mass is 35.5. The highest BCUT2D eigenvalue weighted by molar-refractivity contribution is 7.98. The van der Waals surface area contributed by atoms with E-state index in [0.29, 0.717) is 44.3 Å². The number of nitrogens with zero attached hydrogens (tertiary/aromatic N) is 4. The topological polar surface area (TPSA) is 225 Å². The van der Waals surface area contributed by atoms with Gasteiger partial charge in [0.15, 0.2) is 6.10 Å². The van der Waals surface area contributed by atoms with Crippen molar-refractivity contribution in [2.24, 2.45) is 0 Å². The minimum atomic E-state index is -1.05. The number of ether oxygens (including phenoxy) is 4. The number of carbonyl (C=O) groups is 3. The van der Waals surface area contributed by atoms with E-state index in [4.69, 9.17) is 40.7 Å². The first-order valence-electron chi connectivity index (χ1n) is 16.9. The first-order chi connectivity index (χ1) is 26.1. The van der Waals surface area contributed by atoms with Crippen LogP contribution in [0.25, 0.3) is 22.6 Å². The molecule has 0 aliphatic rings. The molecule has 2 aromatic carbocycles. The van der Waals surface area contributed by atoms with Crippen LogP contribution in [0.5, 0.6) is 5.75 Å². The number of pyridine rings is 1. The zero-order valence-corrected chi connectivity index (χ0v) is 32.5. The number of benzene rings is 2. The van der Waals surface area contributed by atoms with E-state index in [1.54, 1.807) is 83.3 Å². The van der Waals surface area contributed by atoms with Crippen molar-refractivity contribution in [2.45, 2.75) is 69.2 Å². The number of thioether (sulfide) groups is 1. The normalized spacial score (nSPS) is 12.7. The number of amides is 1. The van der Waals surface area contributed by atoms with Crippen LogP contribution in [-0.4, -0.2) is 72.0 Å². The van der Waals surface area contributed by atoms with Crippen LogP contribution >= 0.6 is 23.4 Å². The Labute approximate surface area is 327 Å². The molecular weight excluding hydrogens is 750 g/mol. The van der Waals surface area contributed by atoms with Gasteiger partial charge in [0.05, 0.1) is 11.3 Å². The van der Waals surface area contributed by atoms with Crippen LogP contribution in [0.3, 0.4) is 0 Å². The molecule has 0 fully saturated rings. The quantitative estimate of drug-likeness (QED) is 0.0710. The minimum Gasteiger partial charge on any atom is -0.490 e.